The van der Waals surface area contributed by atoms with Crippen molar-refractivity contribution in [2.75, 3.05) is 15.9 Å². The first-order chi connectivity index (χ1) is 13.1. The summed E-state index contributed by atoms with van der Waals surface area (Å²) in [4.78, 5) is 12.8. The molecule has 0 saturated carbocycles. The number of hydrogen-bond acceptors (Lipinski definition) is 3. The van der Waals surface area contributed by atoms with Crippen LogP contribution in [0.5, 0.6) is 0 Å². The van der Waals surface area contributed by atoms with Gasteiger partial charge in [-0.15, -0.1) is 0 Å². The van der Waals surface area contributed by atoms with E-state index in [1.807, 2.05) is 44.2 Å². The molecule has 2 rings (SSSR count). The molecule has 1 amide bonds. The van der Waals surface area contributed by atoms with Crippen molar-refractivity contribution in [3.63, 3.8) is 0 Å². The predicted octanol–water partition coefficient (Wildman–Crippen LogP) is 4.44. The Morgan fingerprint density at radius 1 is 1.07 bits per heavy atom. The minimum Gasteiger partial charge on any atom is -0.324 e. The zero-order chi connectivity index (χ0) is 20.9. The second-order valence-electron chi connectivity index (χ2n) is 7.37. The van der Waals surface area contributed by atoms with Crippen LogP contribution in [-0.2, 0) is 21.2 Å². The average molecular weight is 403 g/mol. The van der Waals surface area contributed by atoms with Gasteiger partial charge in [0.2, 0.25) is 15.9 Å². The Balaban J connectivity index is 2.22. The minimum absolute atomic E-state index is 0.370. The number of unbranched alkanes of at least 4 members (excludes halogenated alkanes) is 1. The number of sulfonamides is 1. The predicted molar refractivity (Wildman–Crippen MR) is 116 cm³/mol. The first kappa shape index (κ1) is 22.0. The summed E-state index contributed by atoms with van der Waals surface area (Å²) < 4.78 is 26.1. The van der Waals surface area contributed by atoms with Crippen molar-refractivity contribution in [1.29, 1.82) is 0 Å². The Hall–Kier alpha value is -2.34. The van der Waals surface area contributed by atoms with Crippen molar-refractivity contribution in [1.82, 2.24) is 0 Å². The summed E-state index contributed by atoms with van der Waals surface area (Å²) in [6.07, 6.45) is 4.39. The molecular formula is C22H30N2O3S. The molecule has 1 N–H and O–H groups in total. The molecule has 152 valence electrons. The van der Waals surface area contributed by atoms with Gasteiger partial charge < -0.3 is 5.32 Å². The number of nitrogens with one attached hydrogen (secondary N) is 1. The van der Waals surface area contributed by atoms with Gasteiger partial charge in [-0.05, 0) is 74.6 Å². The molecule has 0 aliphatic carbocycles. The number of aryl methyl sites for hydroxylation is 3. The summed E-state index contributed by atoms with van der Waals surface area (Å²) in [6, 6.07) is 12.3. The lowest BCUT2D eigenvalue weighted by Gasteiger charge is -2.28. The summed E-state index contributed by atoms with van der Waals surface area (Å²) in [7, 11) is -3.63. The fourth-order valence-electron chi connectivity index (χ4n) is 3.27. The average Bonchev–Trinajstić information content (AvgIpc) is 2.59. The number of anilines is 2. The van der Waals surface area contributed by atoms with Gasteiger partial charge in [-0.2, -0.15) is 0 Å². The molecule has 0 spiro atoms. The Morgan fingerprint density at radius 3 is 2.14 bits per heavy atom. The van der Waals surface area contributed by atoms with E-state index in [0.717, 1.165) is 36.6 Å². The standard InChI is InChI=1S/C22H30N2O3S/c1-6-7-8-19-9-11-20(12-10-19)23-22(25)18(4)24(28(5,26)27)21-14-16(2)13-17(3)15-21/h9-15,18H,6-8H2,1-5H3,(H,23,25). The number of hydrogen-bond donors (Lipinski definition) is 1. The highest BCUT2D eigenvalue weighted by Crippen LogP contribution is 2.24. The SMILES string of the molecule is CCCCc1ccc(NC(=O)C(C)N(c2cc(C)cc(C)c2)S(C)(=O)=O)cc1. The molecule has 0 aliphatic heterocycles. The molecule has 1 unspecified atom stereocenters. The topological polar surface area (TPSA) is 66.5 Å². The van der Waals surface area contributed by atoms with E-state index in [4.69, 9.17) is 0 Å². The van der Waals surface area contributed by atoms with Crippen LogP contribution in [0.25, 0.3) is 0 Å². The third-order valence-corrected chi connectivity index (χ3v) is 5.83. The number of carbonyl (C=O) groups excluding carboxylic acids is 1. The van der Waals surface area contributed by atoms with Gasteiger partial charge in [0.25, 0.3) is 0 Å². The lowest BCUT2D eigenvalue weighted by Crippen LogP contribution is -2.45. The molecule has 0 radical (unpaired) electrons. The van der Waals surface area contributed by atoms with Gasteiger partial charge in [-0.1, -0.05) is 31.5 Å². The van der Waals surface area contributed by atoms with E-state index in [0.29, 0.717) is 11.4 Å². The Kier molecular flexibility index (Phi) is 7.24. The molecule has 0 fully saturated rings. The number of amides is 1. The molecule has 0 aliphatic rings. The molecule has 0 aromatic heterocycles. The van der Waals surface area contributed by atoms with E-state index in [-0.39, 0.29) is 5.91 Å². The van der Waals surface area contributed by atoms with E-state index in [2.05, 4.69) is 12.2 Å². The van der Waals surface area contributed by atoms with Crippen molar-refractivity contribution >= 4 is 27.3 Å². The van der Waals surface area contributed by atoms with Gasteiger partial charge >= 0.3 is 0 Å². The number of nitrogens with zero attached hydrogens (tertiary/aromatic N) is 1. The monoisotopic (exact) mass is 402 g/mol. The van der Waals surface area contributed by atoms with Crippen molar-refractivity contribution < 1.29 is 13.2 Å². The summed E-state index contributed by atoms with van der Waals surface area (Å²) in [5.74, 6) is -0.370. The maximum Gasteiger partial charge on any atom is 0.247 e. The quantitative estimate of drug-likeness (QED) is 0.710. The normalized spacial score (nSPS) is 12.5. The van der Waals surface area contributed by atoms with E-state index in [9.17, 15) is 13.2 Å². The molecule has 2 aromatic rings. The van der Waals surface area contributed by atoms with E-state index < -0.39 is 16.1 Å². The number of benzene rings is 2. The summed E-state index contributed by atoms with van der Waals surface area (Å²) in [5, 5.41) is 2.83. The summed E-state index contributed by atoms with van der Waals surface area (Å²) in [6.45, 7) is 7.56. The lowest BCUT2D eigenvalue weighted by atomic mass is 10.1. The van der Waals surface area contributed by atoms with Crippen molar-refractivity contribution in [2.24, 2.45) is 0 Å². The van der Waals surface area contributed by atoms with Gasteiger partial charge in [0.15, 0.2) is 0 Å². The highest BCUT2D eigenvalue weighted by molar-refractivity contribution is 7.92. The number of carbonyl (C=O) groups is 1. The first-order valence-corrected chi connectivity index (χ1v) is 11.4. The molecule has 2 aromatic carbocycles. The molecule has 0 heterocycles. The van der Waals surface area contributed by atoms with Crippen LogP contribution >= 0.6 is 0 Å². The van der Waals surface area contributed by atoms with Gasteiger partial charge in [0, 0.05) is 5.69 Å². The molecule has 0 bridgehead atoms. The van der Waals surface area contributed by atoms with Crippen LogP contribution in [-0.4, -0.2) is 26.6 Å². The second kappa shape index (κ2) is 9.24. The molecule has 1 atom stereocenters. The highest BCUT2D eigenvalue weighted by Gasteiger charge is 2.29. The van der Waals surface area contributed by atoms with Gasteiger partial charge in [0.1, 0.15) is 6.04 Å². The maximum atomic E-state index is 12.8. The number of rotatable bonds is 8. The van der Waals surface area contributed by atoms with Gasteiger partial charge in [-0.3, -0.25) is 9.10 Å². The third kappa shape index (κ3) is 5.83. The van der Waals surface area contributed by atoms with Gasteiger partial charge in [-0.25, -0.2) is 8.42 Å². The Labute approximate surface area is 168 Å². The molecule has 5 nitrogen and oxygen atoms in total. The van der Waals surface area contributed by atoms with Crippen LogP contribution in [0.4, 0.5) is 11.4 Å². The summed E-state index contributed by atoms with van der Waals surface area (Å²) >= 11 is 0. The lowest BCUT2D eigenvalue weighted by molar-refractivity contribution is -0.116. The first-order valence-electron chi connectivity index (χ1n) is 9.59. The molecule has 6 heteroatoms. The second-order valence-corrected chi connectivity index (χ2v) is 9.23. The van der Waals surface area contributed by atoms with Crippen molar-refractivity contribution in [2.45, 2.75) is 53.0 Å². The minimum atomic E-state index is -3.63. The van der Waals surface area contributed by atoms with Crippen LogP contribution in [0.15, 0.2) is 42.5 Å². The largest absolute Gasteiger partial charge is 0.324 e. The fourth-order valence-corrected chi connectivity index (χ4v) is 4.43. The van der Waals surface area contributed by atoms with Crippen molar-refractivity contribution in [3.05, 3.63) is 59.2 Å². The zero-order valence-corrected chi connectivity index (χ0v) is 18.1. The zero-order valence-electron chi connectivity index (χ0n) is 17.3. The third-order valence-electron chi connectivity index (χ3n) is 4.59. The van der Waals surface area contributed by atoms with E-state index in [1.54, 1.807) is 19.1 Å². The van der Waals surface area contributed by atoms with Crippen LogP contribution in [0.3, 0.4) is 0 Å². The maximum absolute atomic E-state index is 12.8. The van der Waals surface area contributed by atoms with Crippen molar-refractivity contribution in [3.8, 4) is 0 Å². The molecule has 0 saturated heterocycles. The molecular weight excluding hydrogens is 372 g/mol. The Bertz CT molecular complexity index is 901. The van der Waals surface area contributed by atoms with E-state index in [1.165, 1.54) is 9.87 Å². The van der Waals surface area contributed by atoms with E-state index >= 15 is 0 Å². The van der Waals surface area contributed by atoms with Crippen LogP contribution < -0.4 is 9.62 Å². The van der Waals surface area contributed by atoms with Crippen LogP contribution in [0, 0.1) is 13.8 Å². The smallest absolute Gasteiger partial charge is 0.247 e. The van der Waals surface area contributed by atoms with Gasteiger partial charge in [0.05, 0.1) is 11.9 Å². The Morgan fingerprint density at radius 2 is 1.64 bits per heavy atom. The van der Waals surface area contributed by atoms with Crippen LogP contribution in [0.2, 0.25) is 0 Å². The highest BCUT2D eigenvalue weighted by atomic mass is 32.2. The fraction of sp³-hybridized carbons (Fsp3) is 0.409. The molecule has 28 heavy (non-hydrogen) atoms. The van der Waals surface area contributed by atoms with Crippen LogP contribution in [0.1, 0.15) is 43.4 Å². The summed E-state index contributed by atoms with van der Waals surface area (Å²) in [5.41, 5.74) is 4.27.